The normalized spacial score (nSPS) is 14.3. The van der Waals surface area contributed by atoms with Gasteiger partial charge in [0.2, 0.25) is 5.91 Å². The molecule has 2 heterocycles. The fourth-order valence-corrected chi connectivity index (χ4v) is 2.33. The average Bonchev–Trinajstić information content (AvgIpc) is 2.86. The Morgan fingerprint density at radius 3 is 3.00 bits per heavy atom. The first kappa shape index (κ1) is 17.7. The van der Waals surface area contributed by atoms with Crippen molar-refractivity contribution >= 4 is 29.4 Å². The summed E-state index contributed by atoms with van der Waals surface area (Å²) in [6.07, 6.45) is 1.26. The summed E-state index contributed by atoms with van der Waals surface area (Å²) in [5.41, 5.74) is 2.79. The fraction of sp³-hybridized carbons (Fsp3) is 0.500. The Kier molecular flexibility index (Phi) is 6.38. The second-order valence-corrected chi connectivity index (χ2v) is 5.53. The molecule has 1 fully saturated rings. The van der Waals surface area contributed by atoms with Gasteiger partial charge in [-0.15, -0.1) is 12.4 Å². The summed E-state index contributed by atoms with van der Waals surface area (Å²) in [4.78, 5) is 16.2. The number of hydrogen-bond acceptors (Lipinski definition) is 5. The largest absolute Gasteiger partial charge is 0.441 e. The van der Waals surface area contributed by atoms with Crippen LogP contribution in [0.3, 0.4) is 0 Å². The lowest BCUT2D eigenvalue weighted by molar-refractivity contribution is -0.122. The van der Waals surface area contributed by atoms with E-state index in [2.05, 4.69) is 15.6 Å². The first-order chi connectivity index (χ1) is 10.7. The number of aromatic nitrogens is 1. The monoisotopic (exact) mass is 339 g/mol. The molecule has 0 aliphatic carbocycles. The highest BCUT2D eigenvalue weighted by molar-refractivity contribution is 5.85. The second kappa shape index (κ2) is 8.29. The Labute approximate surface area is 141 Å². The molecule has 1 amide bonds. The minimum absolute atomic E-state index is 0. The van der Waals surface area contributed by atoms with Crippen LogP contribution < -0.4 is 10.6 Å². The predicted molar refractivity (Wildman–Crippen MR) is 89.9 cm³/mol. The molecule has 126 valence electrons. The number of amides is 1. The highest BCUT2D eigenvalue weighted by Crippen LogP contribution is 2.18. The van der Waals surface area contributed by atoms with Crippen LogP contribution in [-0.4, -0.2) is 43.2 Å². The van der Waals surface area contributed by atoms with Crippen LogP contribution in [0.1, 0.15) is 17.9 Å². The summed E-state index contributed by atoms with van der Waals surface area (Å²) in [6, 6.07) is 5.87. The Bertz CT molecular complexity index is 655. The van der Waals surface area contributed by atoms with Gasteiger partial charge in [-0.1, -0.05) is 12.1 Å². The van der Waals surface area contributed by atoms with Gasteiger partial charge in [-0.3, -0.25) is 4.79 Å². The number of benzene rings is 1. The molecule has 2 N–H and O–H groups in total. The lowest BCUT2D eigenvalue weighted by Gasteiger charge is -2.26. The van der Waals surface area contributed by atoms with Crippen LogP contribution in [0.25, 0.3) is 11.1 Å². The van der Waals surface area contributed by atoms with Gasteiger partial charge in [0.15, 0.2) is 11.5 Å². The number of oxazole rings is 1. The van der Waals surface area contributed by atoms with Crippen LogP contribution in [0.2, 0.25) is 0 Å². The molecular weight excluding hydrogens is 318 g/mol. The smallest absolute Gasteiger partial charge is 0.222 e. The van der Waals surface area contributed by atoms with Gasteiger partial charge in [-0.25, -0.2) is 4.98 Å². The van der Waals surface area contributed by atoms with E-state index in [0.29, 0.717) is 31.9 Å². The molecule has 0 atom stereocenters. The van der Waals surface area contributed by atoms with Crippen molar-refractivity contribution < 1.29 is 13.9 Å². The maximum atomic E-state index is 11.7. The van der Waals surface area contributed by atoms with Gasteiger partial charge in [0.1, 0.15) is 5.52 Å². The van der Waals surface area contributed by atoms with Gasteiger partial charge in [0, 0.05) is 32.5 Å². The summed E-state index contributed by atoms with van der Waals surface area (Å²) in [5.74, 6) is 0.654. The minimum Gasteiger partial charge on any atom is -0.441 e. The molecule has 1 aliphatic rings. The van der Waals surface area contributed by atoms with E-state index < -0.39 is 0 Å². The topological polar surface area (TPSA) is 76.4 Å². The van der Waals surface area contributed by atoms with Crippen LogP contribution in [0.4, 0.5) is 0 Å². The first-order valence-corrected chi connectivity index (χ1v) is 7.66. The van der Waals surface area contributed by atoms with E-state index in [1.807, 2.05) is 25.1 Å². The van der Waals surface area contributed by atoms with Crippen molar-refractivity contribution in [3.05, 3.63) is 29.7 Å². The maximum Gasteiger partial charge on any atom is 0.222 e. The van der Waals surface area contributed by atoms with Crippen molar-refractivity contribution in [2.45, 2.75) is 25.9 Å². The van der Waals surface area contributed by atoms with Gasteiger partial charge in [-0.05, 0) is 18.6 Å². The number of carbonyl (C=O) groups is 1. The molecule has 1 aromatic heterocycles. The van der Waals surface area contributed by atoms with Crippen molar-refractivity contribution in [3.63, 3.8) is 0 Å². The molecule has 0 bridgehead atoms. The molecule has 23 heavy (non-hydrogen) atoms. The Morgan fingerprint density at radius 2 is 2.30 bits per heavy atom. The second-order valence-electron chi connectivity index (χ2n) is 5.53. The lowest BCUT2D eigenvalue weighted by Crippen LogP contribution is -2.48. The fourth-order valence-electron chi connectivity index (χ4n) is 2.33. The number of fused-ring (bicyclic) bond motifs is 1. The van der Waals surface area contributed by atoms with Crippen molar-refractivity contribution in [1.82, 2.24) is 15.6 Å². The molecule has 0 unspecified atom stereocenters. The molecule has 1 aliphatic heterocycles. The number of hydrogen-bond donors (Lipinski definition) is 2. The molecule has 0 radical (unpaired) electrons. The zero-order valence-electron chi connectivity index (χ0n) is 13.1. The zero-order chi connectivity index (χ0) is 15.4. The number of aryl methyl sites for hydroxylation is 1. The molecule has 0 saturated carbocycles. The average molecular weight is 340 g/mol. The standard InChI is InChI=1S/C16H21N3O3.ClH/c1-11-3-2-4-13-16(11)19-15(22-13)5-7-18-14(20)6-8-21-12-9-17-10-12;/h2-4,12,17H,5-10H2,1H3,(H,18,20);1H. The van der Waals surface area contributed by atoms with E-state index >= 15 is 0 Å². The number of para-hydroxylation sites is 1. The first-order valence-electron chi connectivity index (χ1n) is 7.66. The number of nitrogens with one attached hydrogen (secondary N) is 2. The Morgan fingerprint density at radius 1 is 1.48 bits per heavy atom. The van der Waals surface area contributed by atoms with Gasteiger partial charge >= 0.3 is 0 Å². The quantitative estimate of drug-likeness (QED) is 0.801. The van der Waals surface area contributed by atoms with Gasteiger partial charge in [0.05, 0.1) is 12.7 Å². The third-order valence-electron chi connectivity index (χ3n) is 3.75. The Hall–Kier alpha value is -1.63. The third-order valence-corrected chi connectivity index (χ3v) is 3.75. The third kappa shape index (κ3) is 4.67. The highest BCUT2D eigenvalue weighted by Gasteiger charge is 2.17. The number of ether oxygens (including phenoxy) is 1. The number of halogens is 1. The predicted octanol–water partition coefficient (Wildman–Crippen LogP) is 1.60. The van der Waals surface area contributed by atoms with E-state index in [-0.39, 0.29) is 24.4 Å². The summed E-state index contributed by atoms with van der Waals surface area (Å²) < 4.78 is 11.2. The molecular formula is C16H22ClN3O3. The van der Waals surface area contributed by atoms with E-state index in [1.165, 1.54) is 0 Å². The van der Waals surface area contributed by atoms with Crippen LogP contribution in [0.5, 0.6) is 0 Å². The van der Waals surface area contributed by atoms with Gasteiger partial charge < -0.3 is 19.8 Å². The molecule has 0 spiro atoms. The SMILES string of the molecule is Cc1cccc2oc(CCNC(=O)CCOC3CNC3)nc12.Cl. The number of carbonyl (C=O) groups excluding carboxylic acids is 1. The van der Waals surface area contributed by atoms with Gasteiger partial charge in [0.25, 0.3) is 0 Å². The van der Waals surface area contributed by atoms with Gasteiger partial charge in [-0.2, -0.15) is 0 Å². The van der Waals surface area contributed by atoms with E-state index in [0.717, 1.165) is 29.8 Å². The molecule has 7 heteroatoms. The van der Waals surface area contributed by atoms with Crippen LogP contribution in [-0.2, 0) is 16.0 Å². The maximum absolute atomic E-state index is 11.7. The Balaban J connectivity index is 0.00000192. The van der Waals surface area contributed by atoms with E-state index in [1.54, 1.807) is 0 Å². The highest BCUT2D eigenvalue weighted by atomic mass is 35.5. The minimum atomic E-state index is -0.000394. The molecule has 1 saturated heterocycles. The molecule has 2 aromatic rings. The summed E-state index contributed by atoms with van der Waals surface area (Å²) >= 11 is 0. The molecule has 3 rings (SSSR count). The van der Waals surface area contributed by atoms with Crippen molar-refractivity contribution in [2.24, 2.45) is 0 Å². The summed E-state index contributed by atoms with van der Waals surface area (Å²) in [5, 5.41) is 5.99. The van der Waals surface area contributed by atoms with Crippen molar-refractivity contribution in [2.75, 3.05) is 26.2 Å². The summed E-state index contributed by atoms with van der Waals surface area (Å²) in [6.45, 7) is 4.78. The number of nitrogens with zero attached hydrogens (tertiary/aromatic N) is 1. The zero-order valence-corrected chi connectivity index (χ0v) is 13.9. The van der Waals surface area contributed by atoms with E-state index in [4.69, 9.17) is 9.15 Å². The van der Waals surface area contributed by atoms with Crippen molar-refractivity contribution in [3.8, 4) is 0 Å². The molecule has 1 aromatic carbocycles. The summed E-state index contributed by atoms with van der Waals surface area (Å²) in [7, 11) is 0. The lowest BCUT2D eigenvalue weighted by atomic mass is 10.2. The van der Waals surface area contributed by atoms with E-state index in [9.17, 15) is 4.79 Å². The van der Waals surface area contributed by atoms with Crippen LogP contribution in [0.15, 0.2) is 22.6 Å². The van der Waals surface area contributed by atoms with Crippen LogP contribution in [0, 0.1) is 6.92 Å². The number of rotatable bonds is 7. The molecule has 6 nitrogen and oxygen atoms in total. The van der Waals surface area contributed by atoms with Crippen molar-refractivity contribution in [1.29, 1.82) is 0 Å². The van der Waals surface area contributed by atoms with Crippen LogP contribution >= 0.6 is 12.4 Å².